The number of β-amino-alcohol motifs (C(OH)–C–C–N with tert-alkyl or cyclic N) is 1. The van der Waals surface area contributed by atoms with E-state index in [0.29, 0.717) is 48.2 Å². The van der Waals surface area contributed by atoms with Gasteiger partial charge in [-0.15, -0.1) is 0 Å². The molecule has 2 saturated heterocycles. The van der Waals surface area contributed by atoms with Crippen LogP contribution in [-0.2, 0) is 0 Å². The molecule has 1 amide bonds. The van der Waals surface area contributed by atoms with Gasteiger partial charge in [0.2, 0.25) is 0 Å². The van der Waals surface area contributed by atoms with Gasteiger partial charge in [-0.2, -0.15) is 0 Å². The number of hydrogen-bond acceptors (Lipinski definition) is 8. The van der Waals surface area contributed by atoms with Crippen LogP contribution in [0.2, 0.25) is 5.02 Å². The Morgan fingerprint density at radius 2 is 2.08 bits per heavy atom. The molecule has 3 aromatic rings. The molecule has 2 aromatic carbocycles. The number of carbonyl (C=O) groups excluding carboxylic acids is 1. The molecule has 2 aliphatic rings. The number of piperidine rings is 2. The summed E-state index contributed by atoms with van der Waals surface area (Å²) in [5.41, 5.74) is 0.481. The first-order valence-electron chi connectivity index (χ1n) is 13.5. The Morgan fingerprint density at radius 3 is 2.82 bits per heavy atom. The lowest BCUT2D eigenvalue weighted by molar-refractivity contribution is 0.0630. The molecule has 9 nitrogen and oxygen atoms in total. The Balaban J connectivity index is 1.54. The molecule has 1 unspecified atom stereocenters. The van der Waals surface area contributed by atoms with Crippen LogP contribution in [0.4, 0.5) is 4.79 Å². The highest BCUT2D eigenvalue weighted by molar-refractivity contribution is 6.33. The van der Waals surface area contributed by atoms with Crippen LogP contribution < -0.4 is 20.8 Å². The van der Waals surface area contributed by atoms with Crippen LogP contribution >= 0.6 is 11.6 Å². The highest BCUT2D eigenvalue weighted by Gasteiger charge is 2.34. The van der Waals surface area contributed by atoms with Crippen LogP contribution in [0.1, 0.15) is 43.6 Å². The number of hydrogen-bond donors (Lipinski definition) is 4. The Labute approximate surface area is 231 Å². The van der Waals surface area contributed by atoms with Crippen molar-refractivity contribution >= 4 is 28.7 Å². The van der Waals surface area contributed by atoms with Crippen LogP contribution in [0.25, 0.3) is 22.3 Å². The fourth-order valence-electron chi connectivity index (χ4n) is 5.62. The van der Waals surface area contributed by atoms with Gasteiger partial charge in [0.1, 0.15) is 28.2 Å². The predicted molar refractivity (Wildman–Crippen MR) is 150 cm³/mol. The lowest BCUT2D eigenvalue weighted by Crippen LogP contribution is -2.41. The van der Waals surface area contributed by atoms with Crippen LogP contribution in [0.15, 0.2) is 45.6 Å². The van der Waals surface area contributed by atoms with Gasteiger partial charge in [-0.1, -0.05) is 30.2 Å². The van der Waals surface area contributed by atoms with Crippen molar-refractivity contribution in [2.45, 2.75) is 50.2 Å². The highest BCUT2D eigenvalue weighted by atomic mass is 35.5. The monoisotopic (exact) mass is 555 g/mol. The van der Waals surface area contributed by atoms with Crippen molar-refractivity contribution in [2.24, 2.45) is 0 Å². The number of ether oxygens (including phenoxy) is 1. The number of nitrogens with zero attached hydrogens (tertiary/aromatic N) is 1. The third-order valence-electron chi connectivity index (χ3n) is 7.65. The number of amides is 1. The summed E-state index contributed by atoms with van der Waals surface area (Å²) >= 11 is 6.39. The van der Waals surface area contributed by atoms with Crippen LogP contribution in [0.3, 0.4) is 0 Å². The fraction of sp³-hybridized carbons (Fsp3) is 0.448. The van der Waals surface area contributed by atoms with Gasteiger partial charge in [0.25, 0.3) is 0 Å². The zero-order valence-corrected chi connectivity index (χ0v) is 22.7. The van der Waals surface area contributed by atoms with E-state index in [2.05, 4.69) is 10.6 Å². The summed E-state index contributed by atoms with van der Waals surface area (Å²) < 4.78 is 12.0. The maximum absolute atomic E-state index is 13.2. The molecule has 2 aliphatic heterocycles. The van der Waals surface area contributed by atoms with Crippen molar-refractivity contribution < 1.29 is 24.2 Å². The topological polar surface area (TPSA) is 124 Å². The molecule has 208 valence electrons. The largest absolute Gasteiger partial charge is 0.507 e. The van der Waals surface area contributed by atoms with E-state index in [1.807, 2.05) is 11.9 Å². The molecule has 3 atom stereocenters. The number of halogens is 1. The standard InChI is InChI=1S/C29H34ClN3O6/c1-33-13-10-19(23(36)16-33)26-25(39-29(37)32-12-9-17-6-4-5-11-31-17)15-22(35)27-21(34)14-24(38-28(26)27)18-7-2-3-8-20(18)30/h2-3,7-8,14-15,17,19,23,31,35-36H,4-6,9-13,16H2,1H3,(H,32,37)/t17?,19-,23+/m0/s1. The summed E-state index contributed by atoms with van der Waals surface area (Å²) in [6.07, 6.45) is 3.21. The summed E-state index contributed by atoms with van der Waals surface area (Å²) in [5, 5.41) is 28.5. The van der Waals surface area contributed by atoms with E-state index in [-0.39, 0.29) is 28.2 Å². The molecular formula is C29H34ClN3O6. The van der Waals surface area contributed by atoms with E-state index in [4.69, 9.17) is 20.8 Å². The van der Waals surface area contributed by atoms with Crippen LogP contribution in [0, 0.1) is 0 Å². The number of aromatic hydroxyl groups is 1. The Kier molecular flexibility index (Phi) is 8.42. The second-order valence-electron chi connectivity index (χ2n) is 10.4. The number of benzene rings is 2. The predicted octanol–water partition coefficient (Wildman–Crippen LogP) is 4.22. The summed E-state index contributed by atoms with van der Waals surface area (Å²) in [5.74, 6) is -0.614. The lowest BCUT2D eigenvalue weighted by Gasteiger charge is -2.34. The molecule has 5 rings (SSSR count). The van der Waals surface area contributed by atoms with Crippen molar-refractivity contribution in [1.82, 2.24) is 15.5 Å². The van der Waals surface area contributed by atoms with Gasteiger partial charge in [-0.25, -0.2) is 4.79 Å². The first-order chi connectivity index (χ1) is 18.8. The molecule has 1 aromatic heterocycles. The van der Waals surface area contributed by atoms with Crippen molar-refractivity contribution in [2.75, 3.05) is 33.2 Å². The minimum atomic E-state index is -0.812. The molecule has 0 saturated carbocycles. The van der Waals surface area contributed by atoms with Crippen LogP contribution in [0.5, 0.6) is 11.5 Å². The number of likely N-dealkylation sites (N-methyl/N-ethyl adjacent to an activating group) is 1. The normalized spacial score (nSPS) is 22.1. The van der Waals surface area contributed by atoms with E-state index < -0.39 is 23.5 Å². The Bertz CT molecular complexity index is 1400. The average molecular weight is 556 g/mol. The zero-order valence-electron chi connectivity index (χ0n) is 21.9. The van der Waals surface area contributed by atoms with E-state index in [1.54, 1.807) is 24.3 Å². The number of fused-ring (bicyclic) bond motifs is 1. The molecule has 0 aliphatic carbocycles. The number of aliphatic hydroxyl groups is 1. The number of carbonyl (C=O) groups is 1. The number of rotatable bonds is 6. The van der Waals surface area contributed by atoms with Crippen molar-refractivity contribution in [3.8, 4) is 22.8 Å². The number of phenols is 1. The number of likely N-dealkylation sites (tertiary alicyclic amines) is 1. The molecule has 10 heteroatoms. The first-order valence-corrected chi connectivity index (χ1v) is 13.8. The SMILES string of the molecule is CN1CC[C@H](c2c(OC(=O)NCCC3CCCCN3)cc(O)c3c(=O)cc(-c4ccccc4Cl)oc23)[C@H](O)C1. The molecule has 0 bridgehead atoms. The Hall–Kier alpha value is -3.11. The van der Waals surface area contributed by atoms with E-state index in [1.165, 1.54) is 18.6 Å². The van der Waals surface area contributed by atoms with Gasteiger partial charge >= 0.3 is 6.09 Å². The number of nitrogens with one attached hydrogen (secondary N) is 2. The third-order valence-corrected chi connectivity index (χ3v) is 7.98. The maximum atomic E-state index is 13.2. The minimum Gasteiger partial charge on any atom is -0.507 e. The molecule has 0 spiro atoms. The van der Waals surface area contributed by atoms with Gasteiger partial charge in [0.15, 0.2) is 5.43 Å². The summed E-state index contributed by atoms with van der Waals surface area (Å²) in [7, 11) is 1.91. The Morgan fingerprint density at radius 1 is 1.26 bits per heavy atom. The molecule has 39 heavy (non-hydrogen) atoms. The third kappa shape index (κ3) is 6.06. The first kappa shape index (κ1) is 27.5. The molecular weight excluding hydrogens is 522 g/mol. The fourth-order valence-corrected chi connectivity index (χ4v) is 5.85. The van der Waals surface area contributed by atoms with Crippen LogP contribution in [-0.4, -0.2) is 66.6 Å². The van der Waals surface area contributed by atoms with Gasteiger partial charge < -0.3 is 34.9 Å². The van der Waals surface area contributed by atoms with E-state index in [9.17, 15) is 19.8 Å². The molecule has 3 heterocycles. The smallest absolute Gasteiger partial charge is 0.412 e. The highest BCUT2D eigenvalue weighted by Crippen LogP contribution is 2.43. The number of aliphatic hydroxyl groups excluding tert-OH is 1. The van der Waals surface area contributed by atoms with Gasteiger partial charge in [0, 0.05) is 48.3 Å². The van der Waals surface area contributed by atoms with Crippen molar-refractivity contribution in [3.63, 3.8) is 0 Å². The number of phenolic OH excluding ortho intramolecular Hbond substituents is 1. The second kappa shape index (κ2) is 12.0. The molecule has 0 radical (unpaired) electrons. The van der Waals surface area contributed by atoms with Crippen molar-refractivity contribution in [3.05, 3.63) is 57.2 Å². The average Bonchev–Trinajstić information content (AvgIpc) is 2.90. The molecule has 4 N–H and O–H groups in total. The molecule has 2 fully saturated rings. The minimum absolute atomic E-state index is 0.0388. The quantitative estimate of drug-likeness (QED) is 0.356. The zero-order chi connectivity index (χ0) is 27.5. The van der Waals surface area contributed by atoms with E-state index >= 15 is 0 Å². The van der Waals surface area contributed by atoms with Gasteiger partial charge in [-0.3, -0.25) is 4.79 Å². The lowest BCUT2D eigenvalue weighted by atomic mass is 9.85. The van der Waals surface area contributed by atoms with Crippen molar-refractivity contribution in [1.29, 1.82) is 0 Å². The van der Waals surface area contributed by atoms with E-state index in [0.717, 1.165) is 25.8 Å². The second-order valence-corrected chi connectivity index (χ2v) is 10.9. The van der Waals surface area contributed by atoms with Gasteiger partial charge in [-0.05, 0) is 58.0 Å². The summed E-state index contributed by atoms with van der Waals surface area (Å²) in [4.78, 5) is 28.1. The maximum Gasteiger partial charge on any atom is 0.412 e. The summed E-state index contributed by atoms with van der Waals surface area (Å²) in [6.45, 7) is 2.48. The summed E-state index contributed by atoms with van der Waals surface area (Å²) in [6, 6.07) is 9.86. The van der Waals surface area contributed by atoms with Gasteiger partial charge in [0.05, 0.1) is 11.1 Å².